The van der Waals surface area contributed by atoms with E-state index in [1.54, 1.807) is 0 Å². The van der Waals surface area contributed by atoms with Crippen molar-refractivity contribution in [3.63, 3.8) is 0 Å². The van der Waals surface area contributed by atoms with Gasteiger partial charge in [0.15, 0.2) is 0 Å². The Hall–Kier alpha value is -0.650. The van der Waals surface area contributed by atoms with Crippen molar-refractivity contribution in [3.05, 3.63) is 0 Å². The molecule has 0 unspecified atom stereocenters. The van der Waals surface area contributed by atoms with Gasteiger partial charge in [-0.2, -0.15) is 0 Å². The van der Waals surface area contributed by atoms with Gasteiger partial charge in [0.25, 0.3) is 0 Å². The van der Waals surface area contributed by atoms with Crippen LogP contribution in [0.5, 0.6) is 0 Å². The number of carboxylic acid groups (broad SMARTS) is 1. The second-order valence-electron chi connectivity index (χ2n) is 3.73. The predicted molar refractivity (Wildman–Crippen MR) is 49.8 cm³/mol. The number of hydrogen-bond acceptors (Lipinski definition) is 4. The minimum atomic E-state index is -1.16. The van der Waals surface area contributed by atoms with E-state index in [2.05, 4.69) is 5.32 Å². The van der Waals surface area contributed by atoms with Gasteiger partial charge in [-0.3, -0.25) is 4.79 Å². The lowest BCUT2D eigenvalue weighted by Crippen LogP contribution is -2.58. The van der Waals surface area contributed by atoms with Crippen LogP contribution in [0, 0.1) is 5.92 Å². The molecule has 0 aromatic rings. The monoisotopic (exact) mass is 203 g/mol. The van der Waals surface area contributed by atoms with E-state index in [9.17, 15) is 15.0 Å². The fraction of sp³-hybridized carbons (Fsp3) is 0.889. The molecule has 1 fully saturated rings. The first-order valence-electron chi connectivity index (χ1n) is 4.90. The van der Waals surface area contributed by atoms with Gasteiger partial charge in [-0.05, 0) is 6.42 Å². The third kappa shape index (κ3) is 2.23. The first-order chi connectivity index (χ1) is 6.57. The lowest BCUT2D eigenvalue weighted by molar-refractivity contribution is -0.154. The Bertz CT molecular complexity index is 209. The Morgan fingerprint density at radius 1 is 1.50 bits per heavy atom. The number of hydrogen-bond donors (Lipinski definition) is 4. The Morgan fingerprint density at radius 2 is 2.14 bits per heavy atom. The molecule has 1 aliphatic heterocycles. The van der Waals surface area contributed by atoms with Gasteiger partial charge < -0.3 is 20.6 Å². The summed E-state index contributed by atoms with van der Waals surface area (Å²) in [4.78, 5) is 10.9. The summed E-state index contributed by atoms with van der Waals surface area (Å²) in [5, 5.41) is 30.7. The van der Waals surface area contributed by atoms with E-state index >= 15 is 0 Å². The Labute approximate surface area is 82.7 Å². The highest BCUT2D eigenvalue weighted by molar-refractivity contribution is 5.72. The molecule has 4 N–H and O–H groups in total. The van der Waals surface area contributed by atoms with Crippen LogP contribution in [-0.4, -0.2) is 46.1 Å². The number of aliphatic hydroxyl groups is 2. The molecule has 1 rings (SSSR count). The maximum atomic E-state index is 10.9. The van der Waals surface area contributed by atoms with Crippen molar-refractivity contribution in [1.82, 2.24) is 5.32 Å². The van der Waals surface area contributed by atoms with Gasteiger partial charge in [-0.1, -0.05) is 13.3 Å². The summed E-state index contributed by atoms with van der Waals surface area (Å²) in [5.41, 5.74) is 0. The van der Waals surface area contributed by atoms with Gasteiger partial charge in [-0.25, -0.2) is 0 Å². The van der Waals surface area contributed by atoms with Crippen LogP contribution in [0.3, 0.4) is 0 Å². The predicted octanol–water partition coefficient (Wildman–Crippen LogP) is -0.819. The molecule has 0 bridgehead atoms. The van der Waals surface area contributed by atoms with E-state index in [4.69, 9.17) is 5.11 Å². The Balaban J connectivity index is 2.71. The molecule has 0 saturated carbocycles. The SMILES string of the molecule is CCC[C@@H]1NC[C@@H](O)[C@H](O)[C@H]1C(=O)O. The normalized spacial score (nSPS) is 38.2. The lowest BCUT2D eigenvalue weighted by Gasteiger charge is -2.36. The molecule has 0 amide bonds. The molecule has 0 aromatic carbocycles. The summed E-state index contributed by atoms with van der Waals surface area (Å²) in [7, 11) is 0. The number of nitrogens with one attached hydrogen (secondary N) is 1. The molecule has 1 saturated heterocycles. The number of aliphatic carboxylic acids is 1. The summed E-state index contributed by atoms with van der Waals surface area (Å²) < 4.78 is 0. The van der Waals surface area contributed by atoms with Crippen LogP contribution in [0.25, 0.3) is 0 Å². The molecule has 14 heavy (non-hydrogen) atoms. The van der Waals surface area contributed by atoms with Gasteiger partial charge in [0, 0.05) is 12.6 Å². The summed E-state index contributed by atoms with van der Waals surface area (Å²) in [6.07, 6.45) is -0.597. The largest absolute Gasteiger partial charge is 0.481 e. The van der Waals surface area contributed by atoms with E-state index in [1.165, 1.54) is 0 Å². The van der Waals surface area contributed by atoms with E-state index in [0.717, 1.165) is 6.42 Å². The van der Waals surface area contributed by atoms with Gasteiger partial charge in [0.2, 0.25) is 0 Å². The average Bonchev–Trinajstić information content (AvgIpc) is 2.11. The van der Waals surface area contributed by atoms with Gasteiger partial charge in [-0.15, -0.1) is 0 Å². The van der Waals surface area contributed by atoms with E-state index in [1.807, 2.05) is 6.92 Å². The van der Waals surface area contributed by atoms with Crippen molar-refractivity contribution in [2.45, 2.75) is 38.0 Å². The first-order valence-corrected chi connectivity index (χ1v) is 4.90. The zero-order valence-electron chi connectivity index (χ0n) is 8.18. The molecule has 0 aromatic heterocycles. The Kier molecular flexibility index (Phi) is 3.86. The molecule has 0 spiro atoms. The number of aliphatic hydroxyl groups excluding tert-OH is 2. The first kappa shape index (κ1) is 11.4. The molecule has 1 aliphatic rings. The maximum absolute atomic E-state index is 10.9. The number of rotatable bonds is 3. The van der Waals surface area contributed by atoms with Crippen molar-refractivity contribution in [3.8, 4) is 0 Å². The topological polar surface area (TPSA) is 89.8 Å². The van der Waals surface area contributed by atoms with Crippen LogP contribution in [0.4, 0.5) is 0 Å². The third-order valence-corrected chi connectivity index (χ3v) is 2.67. The van der Waals surface area contributed by atoms with Crippen LogP contribution in [-0.2, 0) is 4.79 Å². The second-order valence-corrected chi connectivity index (χ2v) is 3.73. The van der Waals surface area contributed by atoms with Crippen LogP contribution >= 0.6 is 0 Å². The van der Waals surface area contributed by atoms with Crippen LogP contribution in [0.1, 0.15) is 19.8 Å². The maximum Gasteiger partial charge on any atom is 0.310 e. The van der Waals surface area contributed by atoms with Crippen molar-refractivity contribution < 1.29 is 20.1 Å². The molecule has 0 aliphatic carbocycles. The fourth-order valence-corrected chi connectivity index (χ4v) is 1.91. The smallest absolute Gasteiger partial charge is 0.310 e. The molecule has 82 valence electrons. The van der Waals surface area contributed by atoms with Crippen molar-refractivity contribution >= 4 is 5.97 Å². The van der Waals surface area contributed by atoms with E-state index < -0.39 is 24.1 Å². The quantitative estimate of drug-likeness (QED) is 0.481. The number of β-amino-alcohol motifs (C(OH)–C–C–N with tert-alkyl or cyclic N) is 1. The highest BCUT2D eigenvalue weighted by Gasteiger charge is 2.41. The van der Waals surface area contributed by atoms with Crippen molar-refractivity contribution in [1.29, 1.82) is 0 Å². The number of carbonyl (C=O) groups is 1. The van der Waals surface area contributed by atoms with Gasteiger partial charge in [0.1, 0.15) is 5.92 Å². The number of carboxylic acids is 1. The zero-order chi connectivity index (χ0) is 10.7. The molecule has 5 nitrogen and oxygen atoms in total. The summed E-state index contributed by atoms with van der Waals surface area (Å²) in [6.45, 7) is 2.22. The second kappa shape index (κ2) is 4.72. The zero-order valence-corrected chi connectivity index (χ0v) is 8.18. The minimum Gasteiger partial charge on any atom is -0.481 e. The number of piperidine rings is 1. The van der Waals surface area contributed by atoms with Crippen molar-refractivity contribution in [2.75, 3.05) is 6.54 Å². The third-order valence-electron chi connectivity index (χ3n) is 2.67. The molecular weight excluding hydrogens is 186 g/mol. The van der Waals surface area contributed by atoms with Crippen molar-refractivity contribution in [2.24, 2.45) is 5.92 Å². The molecule has 5 heteroatoms. The molecule has 0 radical (unpaired) electrons. The molecule has 4 atom stereocenters. The van der Waals surface area contributed by atoms with E-state index in [-0.39, 0.29) is 12.6 Å². The lowest BCUT2D eigenvalue weighted by atomic mass is 9.84. The van der Waals surface area contributed by atoms with Crippen LogP contribution in [0.2, 0.25) is 0 Å². The summed E-state index contributed by atoms with van der Waals surface area (Å²) in [6, 6.07) is -0.240. The van der Waals surface area contributed by atoms with Crippen LogP contribution < -0.4 is 5.32 Å². The van der Waals surface area contributed by atoms with Gasteiger partial charge in [0.05, 0.1) is 12.2 Å². The highest BCUT2D eigenvalue weighted by Crippen LogP contribution is 2.21. The standard InChI is InChI=1S/C9H17NO4/c1-2-3-5-7(9(13)14)8(12)6(11)4-10-5/h5-8,10-12H,2-4H2,1H3,(H,13,14)/t5-,6+,7-,8-/m0/s1. The fourth-order valence-electron chi connectivity index (χ4n) is 1.91. The molecule has 1 heterocycles. The van der Waals surface area contributed by atoms with Crippen LogP contribution in [0.15, 0.2) is 0 Å². The van der Waals surface area contributed by atoms with E-state index in [0.29, 0.717) is 6.42 Å². The summed E-state index contributed by atoms with van der Waals surface area (Å²) >= 11 is 0. The summed E-state index contributed by atoms with van der Waals surface area (Å²) in [5.74, 6) is -1.96. The Morgan fingerprint density at radius 3 is 2.64 bits per heavy atom. The molecular formula is C9H17NO4. The highest BCUT2D eigenvalue weighted by atomic mass is 16.4. The average molecular weight is 203 g/mol. The van der Waals surface area contributed by atoms with Gasteiger partial charge >= 0.3 is 5.97 Å². The minimum absolute atomic E-state index is 0.240.